The van der Waals surface area contributed by atoms with Gasteiger partial charge in [-0.25, -0.2) is 14.8 Å². The highest BCUT2D eigenvalue weighted by atomic mass is 32.1. The van der Waals surface area contributed by atoms with E-state index in [1.807, 2.05) is 43.5 Å². The summed E-state index contributed by atoms with van der Waals surface area (Å²) < 4.78 is 10.4. The van der Waals surface area contributed by atoms with Gasteiger partial charge in [-0.3, -0.25) is 0 Å². The molecule has 1 aliphatic rings. The van der Waals surface area contributed by atoms with Crippen LogP contribution < -0.4 is 5.32 Å². The molecule has 1 aromatic carbocycles. The smallest absolute Gasteiger partial charge is 0.434 e. The maximum absolute atomic E-state index is 11.8. The van der Waals surface area contributed by atoms with Crippen LogP contribution in [0.2, 0.25) is 0 Å². The third-order valence-corrected chi connectivity index (χ3v) is 4.29. The van der Waals surface area contributed by atoms with Crippen molar-refractivity contribution in [1.82, 2.24) is 10.3 Å². The van der Waals surface area contributed by atoms with E-state index in [1.54, 1.807) is 12.4 Å². The van der Waals surface area contributed by atoms with Crippen LogP contribution in [0.5, 0.6) is 0 Å². The number of aryl methyl sites for hydroxylation is 1. The molecule has 1 aliphatic heterocycles. The molecule has 0 aliphatic carbocycles. The highest BCUT2D eigenvalue weighted by Gasteiger charge is 2.29. The molecule has 0 amide bonds. The topological polar surface area (TPSA) is 72.8 Å². The molecule has 7 heteroatoms. The number of allylic oxidation sites excluding steroid dienone is 1. The molecule has 1 unspecified atom stereocenters. The average molecular weight is 357 g/mol. The first-order valence-electron chi connectivity index (χ1n) is 7.93. The van der Waals surface area contributed by atoms with Gasteiger partial charge in [-0.1, -0.05) is 29.8 Å². The molecule has 130 valence electrons. The number of carbonyl (C=O) groups is 1. The minimum atomic E-state index is -0.733. The number of nitrogens with zero attached hydrogens (tertiary/aromatic N) is 2. The van der Waals surface area contributed by atoms with E-state index in [9.17, 15) is 4.79 Å². The number of thiazole rings is 1. The van der Waals surface area contributed by atoms with E-state index < -0.39 is 12.2 Å². The first kappa shape index (κ1) is 17.2. The molecule has 1 aromatic heterocycles. The zero-order valence-corrected chi connectivity index (χ0v) is 15.1. The predicted molar refractivity (Wildman–Crippen MR) is 96.5 cm³/mol. The van der Waals surface area contributed by atoms with Gasteiger partial charge in [0.05, 0.1) is 17.8 Å². The Bertz CT molecular complexity index is 811. The maximum Gasteiger partial charge on any atom is 0.513 e. The van der Waals surface area contributed by atoms with E-state index >= 15 is 0 Å². The minimum absolute atomic E-state index is 0.251. The molecule has 0 bridgehead atoms. The number of hydrogen-bond donors (Lipinski definition) is 1. The molecular formula is C18H19N3O3S. The predicted octanol–water partition coefficient (Wildman–Crippen LogP) is 3.95. The van der Waals surface area contributed by atoms with E-state index in [1.165, 1.54) is 11.3 Å². The summed E-state index contributed by atoms with van der Waals surface area (Å²) in [5, 5.41) is 5.09. The first-order chi connectivity index (χ1) is 12.1. The molecular weight excluding hydrogens is 338 g/mol. The van der Waals surface area contributed by atoms with Crippen molar-refractivity contribution in [1.29, 1.82) is 0 Å². The first-order valence-corrected chi connectivity index (χ1v) is 8.88. The van der Waals surface area contributed by atoms with Crippen molar-refractivity contribution in [2.24, 2.45) is 4.99 Å². The van der Waals surface area contributed by atoms with Gasteiger partial charge in [0.25, 0.3) is 0 Å². The third kappa shape index (κ3) is 3.88. The number of ether oxygens (including phenoxy) is 2. The molecule has 0 saturated carbocycles. The fourth-order valence-electron chi connectivity index (χ4n) is 2.47. The lowest BCUT2D eigenvalue weighted by atomic mass is 10.0. The van der Waals surface area contributed by atoms with E-state index in [-0.39, 0.29) is 6.61 Å². The van der Waals surface area contributed by atoms with Gasteiger partial charge in [0.2, 0.25) is 0 Å². The van der Waals surface area contributed by atoms with Gasteiger partial charge >= 0.3 is 6.16 Å². The van der Waals surface area contributed by atoms with Crippen LogP contribution in [0.4, 0.5) is 4.79 Å². The Morgan fingerprint density at radius 2 is 2.04 bits per heavy atom. The Kier molecular flexibility index (Phi) is 5.14. The summed E-state index contributed by atoms with van der Waals surface area (Å²) in [6, 6.07) is 7.53. The normalized spacial score (nSPS) is 16.9. The molecule has 25 heavy (non-hydrogen) atoms. The molecule has 0 spiro atoms. The molecule has 0 radical (unpaired) electrons. The number of amidine groups is 1. The number of aromatic nitrogens is 1. The monoisotopic (exact) mass is 357 g/mol. The fourth-order valence-corrected chi connectivity index (χ4v) is 3.00. The van der Waals surface area contributed by atoms with E-state index in [4.69, 9.17) is 14.5 Å². The number of benzene rings is 1. The quantitative estimate of drug-likeness (QED) is 0.839. The Labute approximate surface area is 150 Å². The van der Waals surface area contributed by atoms with Crippen molar-refractivity contribution in [2.45, 2.75) is 26.8 Å². The SMILES string of the molecule is CCOC(=O)OC1=C(C)NC(c2cscn2)=NC1c1ccc(C)cc1. The molecule has 1 N–H and O–H groups in total. The van der Waals surface area contributed by atoms with Gasteiger partial charge in [0, 0.05) is 5.38 Å². The second-order valence-electron chi connectivity index (χ2n) is 5.56. The van der Waals surface area contributed by atoms with Crippen LogP contribution in [-0.4, -0.2) is 23.6 Å². The van der Waals surface area contributed by atoms with Crippen LogP contribution >= 0.6 is 11.3 Å². The van der Waals surface area contributed by atoms with Crippen LogP contribution in [0.3, 0.4) is 0 Å². The molecule has 6 nitrogen and oxygen atoms in total. The van der Waals surface area contributed by atoms with Crippen molar-refractivity contribution >= 4 is 23.3 Å². The highest BCUT2D eigenvalue weighted by molar-refractivity contribution is 7.07. The van der Waals surface area contributed by atoms with Gasteiger partial charge in [-0.15, -0.1) is 11.3 Å². The average Bonchev–Trinajstić information content (AvgIpc) is 3.12. The lowest BCUT2D eigenvalue weighted by Gasteiger charge is -2.25. The number of nitrogens with one attached hydrogen (secondary N) is 1. The molecule has 3 rings (SSSR count). The van der Waals surface area contributed by atoms with Crippen molar-refractivity contribution in [3.05, 3.63) is 63.4 Å². The summed E-state index contributed by atoms with van der Waals surface area (Å²) in [5.41, 5.74) is 5.30. The molecule has 2 aromatic rings. The largest absolute Gasteiger partial charge is 0.513 e. The van der Waals surface area contributed by atoms with Crippen LogP contribution in [0.1, 0.15) is 36.7 Å². The van der Waals surface area contributed by atoms with Gasteiger partial charge in [-0.05, 0) is 26.3 Å². The van der Waals surface area contributed by atoms with E-state index in [0.717, 1.165) is 16.8 Å². The second kappa shape index (κ2) is 7.48. The lowest BCUT2D eigenvalue weighted by Crippen LogP contribution is -2.31. The standard InChI is InChI=1S/C18H19N3O3S/c1-4-23-18(22)24-16-12(3)20-17(14-9-25-10-19-14)21-15(16)13-7-5-11(2)6-8-13/h5-10,15H,4H2,1-3H3,(H,20,21). The molecule has 1 atom stereocenters. The maximum atomic E-state index is 11.8. The van der Waals surface area contributed by atoms with E-state index in [0.29, 0.717) is 17.3 Å². The Morgan fingerprint density at radius 1 is 1.28 bits per heavy atom. The Balaban J connectivity index is 1.98. The van der Waals surface area contributed by atoms with Gasteiger partial charge in [-0.2, -0.15) is 0 Å². The number of aliphatic imine (C=N–C) groups is 1. The molecule has 0 fully saturated rings. The zero-order chi connectivity index (χ0) is 17.8. The zero-order valence-electron chi connectivity index (χ0n) is 14.3. The summed E-state index contributed by atoms with van der Waals surface area (Å²) in [6.07, 6.45) is -0.733. The highest BCUT2D eigenvalue weighted by Crippen LogP contribution is 2.32. The van der Waals surface area contributed by atoms with Crippen LogP contribution in [0.25, 0.3) is 0 Å². The lowest BCUT2D eigenvalue weighted by molar-refractivity contribution is 0.0763. The van der Waals surface area contributed by atoms with Gasteiger partial charge in [0.15, 0.2) is 11.6 Å². The Hall–Kier alpha value is -2.67. The minimum Gasteiger partial charge on any atom is -0.434 e. The van der Waals surface area contributed by atoms with Crippen LogP contribution in [-0.2, 0) is 9.47 Å². The number of carbonyl (C=O) groups excluding carboxylic acids is 1. The number of hydrogen-bond acceptors (Lipinski definition) is 7. The van der Waals surface area contributed by atoms with Crippen molar-refractivity contribution in [3.8, 4) is 0 Å². The van der Waals surface area contributed by atoms with Gasteiger partial charge in [0.1, 0.15) is 11.7 Å². The van der Waals surface area contributed by atoms with Crippen LogP contribution in [0, 0.1) is 6.92 Å². The summed E-state index contributed by atoms with van der Waals surface area (Å²) in [6.45, 7) is 5.85. The third-order valence-electron chi connectivity index (χ3n) is 3.71. The second-order valence-corrected chi connectivity index (χ2v) is 6.28. The van der Waals surface area contributed by atoms with Gasteiger partial charge < -0.3 is 14.8 Å². The molecule has 0 saturated heterocycles. The van der Waals surface area contributed by atoms with E-state index in [2.05, 4.69) is 10.3 Å². The Morgan fingerprint density at radius 3 is 2.68 bits per heavy atom. The molecule has 2 heterocycles. The summed E-state index contributed by atoms with van der Waals surface area (Å²) in [7, 11) is 0. The van der Waals surface area contributed by atoms with Crippen molar-refractivity contribution in [3.63, 3.8) is 0 Å². The summed E-state index contributed by atoms with van der Waals surface area (Å²) in [4.78, 5) is 20.9. The van der Waals surface area contributed by atoms with Crippen molar-refractivity contribution in [2.75, 3.05) is 6.61 Å². The van der Waals surface area contributed by atoms with Crippen molar-refractivity contribution < 1.29 is 14.3 Å². The number of rotatable bonds is 4. The summed E-state index contributed by atoms with van der Waals surface area (Å²) in [5.74, 6) is 1.09. The fraction of sp³-hybridized carbons (Fsp3) is 0.278. The van der Waals surface area contributed by atoms with Crippen LogP contribution in [0.15, 0.2) is 51.6 Å². The summed E-state index contributed by atoms with van der Waals surface area (Å²) >= 11 is 1.50.